The number of ether oxygens (including phenoxy) is 1. The minimum absolute atomic E-state index is 0.179. The summed E-state index contributed by atoms with van der Waals surface area (Å²) in [5, 5.41) is 0. The number of nitrogens with zero attached hydrogens (tertiary/aromatic N) is 4. The van der Waals surface area contributed by atoms with E-state index in [1.165, 1.54) is 16.1 Å². The lowest BCUT2D eigenvalue weighted by molar-refractivity contribution is -0.145. The number of unbranched alkanes of at least 4 members (excludes halogenated alkanes) is 1. The molecule has 0 spiro atoms. The number of hydrogen-bond donors (Lipinski definition) is 0. The Morgan fingerprint density at radius 1 is 1.17 bits per heavy atom. The fourth-order valence-corrected chi connectivity index (χ4v) is 3.46. The van der Waals surface area contributed by atoms with Crippen molar-refractivity contribution in [3.8, 4) is 0 Å². The molecule has 1 aromatic carbocycles. The van der Waals surface area contributed by atoms with Crippen molar-refractivity contribution in [2.75, 3.05) is 0 Å². The van der Waals surface area contributed by atoms with E-state index in [1.54, 1.807) is 17.9 Å². The number of benzene rings is 1. The number of rotatable bonds is 8. The normalized spacial score (nSPS) is 12.2. The molecule has 154 valence electrons. The fraction of sp³-hybridized carbons (Fsp3) is 0.429. The molecule has 0 radical (unpaired) electrons. The molecule has 3 rings (SSSR count). The summed E-state index contributed by atoms with van der Waals surface area (Å²) in [5.41, 5.74) is 1.15. The molecular formula is C21H26N4O4. The molecular weight excluding hydrogens is 372 g/mol. The highest BCUT2D eigenvalue weighted by Crippen LogP contribution is 2.10. The molecule has 0 aliphatic carbocycles. The van der Waals surface area contributed by atoms with Crippen LogP contribution < -0.4 is 11.2 Å². The number of aromatic nitrogens is 4. The second kappa shape index (κ2) is 8.89. The molecule has 1 atom stereocenters. The van der Waals surface area contributed by atoms with Crippen LogP contribution in [0.1, 0.15) is 38.7 Å². The summed E-state index contributed by atoms with van der Waals surface area (Å²) >= 11 is 0. The van der Waals surface area contributed by atoms with Crippen molar-refractivity contribution in [1.82, 2.24) is 18.7 Å². The highest BCUT2D eigenvalue weighted by Gasteiger charge is 2.16. The van der Waals surface area contributed by atoms with Crippen molar-refractivity contribution >= 4 is 17.1 Å². The third kappa shape index (κ3) is 4.64. The lowest BCUT2D eigenvalue weighted by Gasteiger charge is -2.12. The summed E-state index contributed by atoms with van der Waals surface area (Å²) in [6.07, 6.45) is 3.48. The first-order valence-corrected chi connectivity index (χ1v) is 9.74. The lowest BCUT2D eigenvalue weighted by Crippen LogP contribution is -2.39. The van der Waals surface area contributed by atoms with E-state index in [2.05, 4.69) is 4.98 Å². The van der Waals surface area contributed by atoms with Crippen LogP contribution in [0, 0.1) is 0 Å². The third-order valence-corrected chi connectivity index (χ3v) is 4.91. The maximum Gasteiger partial charge on any atom is 0.332 e. The zero-order chi connectivity index (χ0) is 21.0. The van der Waals surface area contributed by atoms with Crippen LogP contribution in [0.3, 0.4) is 0 Å². The third-order valence-electron chi connectivity index (χ3n) is 4.91. The predicted molar refractivity (Wildman–Crippen MR) is 110 cm³/mol. The van der Waals surface area contributed by atoms with Crippen LogP contribution in [0.2, 0.25) is 0 Å². The van der Waals surface area contributed by atoms with Gasteiger partial charge in [0.1, 0.15) is 0 Å². The van der Waals surface area contributed by atoms with Gasteiger partial charge < -0.3 is 9.30 Å². The second-order valence-electron chi connectivity index (χ2n) is 7.24. The van der Waals surface area contributed by atoms with Crippen LogP contribution in [0.25, 0.3) is 11.2 Å². The Bertz CT molecular complexity index is 1110. The molecule has 0 amide bonds. The monoisotopic (exact) mass is 398 g/mol. The minimum atomic E-state index is -0.375. The van der Waals surface area contributed by atoms with E-state index < -0.39 is 0 Å². The van der Waals surface area contributed by atoms with E-state index in [0.717, 1.165) is 12.0 Å². The quantitative estimate of drug-likeness (QED) is 0.428. The summed E-state index contributed by atoms with van der Waals surface area (Å²) in [6, 6.07) is 9.79. The Hall–Kier alpha value is -3.16. The largest absolute Gasteiger partial charge is 0.463 e. The van der Waals surface area contributed by atoms with Crippen molar-refractivity contribution in [2.45, 2.75) is 52.3 Å². The summed E-state index contributed by atoms with van der Waals surface area (Å²) in [6.45, 7) is 4.03. The van der Waals surface area contributed by atoms with Crippen LogP contribution in [0.5, 0.6) is 0 Å². The van der Waals surface area contributed by atoms with Gasteiger partial charge in [-0.1, -0.05) is 30.3 Å². The van der Waals surface area contributed by atoms with Gasteiger partial charge in [-0.15, -0.1) is 0 Å². The average molecular weight is 398 g/mol. The molecule has 0 fully saturated rings. The van der Waals surface area contributed by atoms with Crippen molar-refractivity contribution in [3.63, 3.8) is 0 Å². The molecule has 29 heavy (non-hydrogen) atoms. The van der Waals surface area contributed by atoms with E-state index in [0.29, 0.717) is 37.1 Å². The van der Waals surface area contributed by atoms with Gasteiger partial charge in [-0.3, -0.25) is 18.7 Å². The van der Waals surface area contributed by atoms with Gasteiger partial charge in [-0.25, -0.2) is 9.78 Å². The van der Waals surface area contributed by atoms with E-state index >= 15 is 0 Å². The zero-order valence-electron chi connectivity index (χ0n) is 17.0. The van der Waals surface area contributed by atoms with Crippen LogP contribution >= 0.6 is 0 Å². The van der Waals surface area contributed by atoms with E-state index in [4.69, 9.17) is 4.74 Å². The van der Waals surface area contributed by atoms with Crippen molar-refractivity contribution in [1.29, 1.82) is 0 Å². The zero-order valence-corrected chi connectivity index (χ0v) is 17.0. The molecule has 2 aromatic heterocycles. The number of hydrogen-bond acceptors (Lipinski definition) is 5. The van der Waals surface area contributed by atoms with Gasteiger partial charge in [0, 0.05) is 27.1 Å². The van der Waals surface area contributed by atoms with E-state index in [9.17, 15) is 14.4 Å². The van der Waals surface area contributed by atoms with Gasteiger partial charge in [-0.05, 0) is 31.7 Å². The van der Waals surface area contributed by atoms with Crippen molar-refractivity contribution in [2.24, 2.45) is 7.05 Å². The molecule has 3 aromatic rings. The van der Waals surface area contributed by atoms with Crippen molar-refractivity contribution in [3.05, 3.63) is 63.1 Å². The van der Waals surface area contributed by atoms with Gasteiger partial charge in [-0.2, -0.15) is 0 Å². The second-order valence-corrected chi connectivity index (χ2v) is 7.24. The van der Waals surface area contributed by atoms with Crippen LogP contribution in [-0.4, -0.2) is 30.8 Å². The molecule has 1 unspecified atom stereocenters. The van der Waals surface area contributed by atoms with Crippen LogP contribution in [0.4, 0.5) is 0 Å². The van der Waals surface area contributed by atoms with E-state index in [1.807, 2.05) is 37.3 Å². The molecule has 0 saturated heterocycles. The maximum absolute atomic E-state index is 13.1. The summed E-state index contributed by atoms with van der Waals surface area (Å²) in [5.74, 6) is -0.306. The first kappa shape index (κ1) is 20.6. The number of fused-ring (bicyclic) bond motifs is 1. The van der Waals surface area contributed by atoms with Gasteiger partial charge in [0.05, 0.1) is 12.4 Å². The molecule has 0 N–H and O–H groups in total. The Kier molecular flexibility index (Phi) is 6.31. The maximum atomic E-state index is 13.1. The highest BCUT2D eigenvalue weighted by molar-refractivity contribution is 5.70. The molecule has 0 bridgehead atoms. The molecule has 0 saturated carbocycles. The highest BCUT2D eigenvalue weighted by atomic mass is 16.5. The van der Waals surface area contributed by atoms with Gasteiger partial charge in [0.15, 0.2) is 11.2 Å². The SMILES string of the molecule is CC(=O)OC(C)CCCCn1c(=O)c2c(ncn2Cc2ccccc2)n(C)c1=O. The van der Waals surface area contributed by atoms with Crippen LogP contribution in [0.15, 0.2) is 46.2 Å². The number of aryl methyl sites for hydroxylation is 1. The van der Waals surface area contributed by atoms with Gasteiger partial charge in [0.25, 0.3) is 5.56 Å². The molecule has 0 aliphatic rings. The van der Waals surface area contributed by atoms with E-state index in [-0.39, 0.29) is 23.3 Å². The van der Waals surface area contributed by atoms with Gasteiger partial charge in [0.2, 0.25) is 0 Å². The van der Waals surface area contributed by atoms with Crippen molar-refractivity contribution < 1.29 is 9.53 Å². The topological polar surface area (TPSA) is 88.1 Å². The summed E-state index contributed by atoms with van der Waals surface area (Å²) in [4.78, 5) is 41.0. The smallest absolute Gasteiger partial charge is 0.332 e. The number of carbonyl (C=O) groups excluding carboxylic acids is 1. The summed E-state index contributed by atoms with van der Waals surface area (Å²) < 4.78 is 9.57. The minimum Gasteiger partial charge on any atom is -0.463 e. The number of carbonyl (C=O) groups is 1. The average Bonchev–Trinajstić information content (AvgIpc) is 3.09. The molecule has 8 heteroatoms. The lowest BCUT2D eigenvalue weighted by atomic mass is 10.2. The predicted octanol–water partition coefficient (Wildman–Crippen LogP) is 2.07. The molecule has 8 nitrogen and oxygen atoms in total. The standard InChI is InChI=1S/C21H26N4O4/c1-15(29-16(2)26)9-7-8-12-25-20(27)18-19(23(3)21(25)28)22-14-24(18)13-17-10-5-4-6-11-17/h4-6,10-11,14-15H,7-9,12-13H2,1-3H3. The first-order valence-electron chi connectivity index (χ1n) is 9.74. The van der Waals surface area contributed by atoms with Crippen LogP contribution in [-0.2, 0) is 29.7 Å². The fourth-order valence-electron chi connectivity index (χ4n) is 3.46. The Labute approximate surface area is 168 Å². The van der Waals surface area contributed by atoms with Gasteiger partial charge >= 0.3 is 11.7 Å². The Balaban J connectivity index is 1.82. The first-order chi connectivity index (χ1) is 13.9. The Morgan fingerprint density at radius 3 is 2.59 bits per heavy atom. The Morgan fingerprint density at radius 2 is 1.90 bits per heavy atom. The number of esters is 1. The molecule has 2 heterocycles. The molecule has 0 aliphatic heterocycles. The number of imidazole rings is 1. The summed E-state index contributed by atoms with van der Waals surface area (Å²) in [7, 11) is 1.63.